The molecule has 1 aliphatic carbocycles. The molecule has 1 fully saturated rings. The Balaban J connectivity index is 2.19. The predicted molar refractivity (Wildman–Crippen MR) is 83.3 cm³/mol. The number of carbonyl (C=O) groups is 1. The molecule has 1 aromatic carbocycles. The zero-order valence-electron chi connectivity index (χ0n) is 12.5. The Morgan fingerprint density at radius 1 is 1.41 bits per heavy atom. The number of rotatable bonds is 8. The van der Waals surface area contributed by atoms with Crippen LogP contribution in [0.5, 0.6) is 5.75 Å². The Morgan fingerprint density at radius 3 is 2.73 bits per heavy atom. The molecule has 1 aromatic rings. The lowest BCUT2D eigenvalue weighted by Crippen LogP contribution is -2.26. The molecule has 8 heteroatoms. The minimum atomic E-state index is -3.57. The van der Waals surface area contributed by atoms with E-state index in [4.69, 9.17) is 10.5 Å². The van der Waals surface area contributed by atoms with Crippen LogP contribution in [0.1, 0.15) is 25.7 Å². The molecule has 7 nitrogen and oxygen atoms in total. The molecule has 0 spiro atoms. The van der Waals surface area contributed by atoms with E-state index in [2.05, 4.69) is 10.0 Å². The van der Waals surface area contributed by atoms with Crippen LogP contribution in [0.2, 0.25) is 0 Å². The minimum Gasteiger partial charge on any atom is -0.495 e. The smallest absolute Gasteiger partial charge is 0.240 e. The lowest BCUT2D eigenvalue weighted by molar-refractivity contribution is -0.116. The van der Waals surface area contributed by atoms with Gasteiger partial charge in [-0.3, -0.25) is 4.79 Å². The maximum absolute atomic E-state index is 12.2. The summed E-state index contributed by atoms with van der Waals surface area (Å²) in [5.41, 5.74) is 5.70. The van der Waals surface area contributed by atoms with Crippen LogP contribution in [-0.2, 0) is 14.8 Å². The van der Waals surface area contributed by atoms with Crippen molar-refractivity contribution < 1.29 is 17.9 Å². The van der Waals surface area contributed by atoms with E-state index in [1.54, 1.807) is 0 Å². The van der Waals surface area contributed by atoms with Crippen LogP contribution in [-0.4, -0.2) is 34.0 Å². The highest BCUT2D eigenvalue weighted by Crippen LogP contribution is 2.29. The first-order valence-electron chi connectivity index (χ1n) is 7.16. The molecule has 1 aliphatic rings. The zero-order chi connectivity index (χ0) is 16.2. The van der Waals surface area contributed by atoms with Gasteiger partial charge in [0.1, 0.15) is 5.75 Å². The summed E-state index contributed by atoms with van der Waals surface area (Å²) in [6.07, 6.45) is 2.56. The fourth-order valence-corrected chi connectivity index (χ4v) is 3.25. The molecule has 0 unspecified atom stereocenters. The molecule has 0 saturated heterocycles. The molecule has 1 saturated carbocycles. The van der Waals surface area contributed by atoms with Crippen molar-refractivity contribution in [3.05, 3.63) is 18.2 Å². The maximum Gasteiger partial charge on any atom is 0.240 e. The average Bonchev–Trinajstić information content (AvgIpc) is 3.28. The number of methoxy groups -OCH3 is 1. The summed E-state index contributed by atoms with van der Waals surface area (Å²) in [5.74, 6) is 0.180. The number of ether oxygens (including phenoxy) is 1. The largest absolute Gasteiger partial charge is 0.495 e. The van der Waals surface area contributed by atoms with Crippen molar-refractivity contribution >= 4 is 21.6 Å². The van der Waals surface area contributed by atoms with Crippen LogP contribution < -0.4 is 20.5 Å². The molecule has 4 N–H and O–H groups in total. The molecule has 1 amide bonds. The van der Waals surface area contributed by atoms with Gasteiger partial charge in [-0.05, 0) is 44.0 Å². The van der Waals surface area contributed by atoms with E-state index in [9.17, 15) is 13.2 Å². The number of sulfonamides is 1. The standard InChI is InChI=1S/C14H21N3O4S/c1-21-13-7-6-11(22(19,20)17-10-4-5-10)9-12(13)16-14(18)3-2-8-15/h6-7,9-10,17H,2-5,8,15H2,1H3,(H,16,18). The van der Waals surface area contributed by atoms with Crippen LogP contribution in [0.3, 0.4) is 0 Å². The summed E-state index contributed by atoms with van der Waals surface area (Å²) in [7, 11) is -2.11. The minimum absolute atomic E-state index is 0.0229. The zero-order valence-corrected chi connectivity index (χ0v) is 13.3. The second kappa shape index (κ2) is 7.08. The number of nitrogens with one attached hydrogen (secondary N) is 2. The Hall–Kier alpha value is -1.64. The molecular formula is C14H21N3O4S. The number of amides is 1. The predicted octanol–water partition coefficient (Wildman–Crippen LogP) is 0.813. The van der Waals surface area contributed by atoms with E-state index in [-0.39, 0.29) is 23.3 Å². The Morgan fingerprint density at radius 2 is 2.14 bits per heavy atom. The van der Waals surface area contributed by atoms with Crippen LogP contribution in [0.15, 0.2) is 23.1 Å². The lowest BCUT2D eigenvalue weighted by atomic mass is 10.2. The van der Waals surface area contributed by atoms with Crippen molar-refractivity contribution in [2.45, 2.75) is 36.6 Å². The van der Waals surface area contributed by atoms with Gasteiger partial charge >= 0.3 is 0 Å². The SMILES string of the molecule is COc1ccc(S(=O)(=O)NC2CC2)cc1NC(=O)CCCN. The van der Waals surface area contributed by atoms with Gasteiger partial charge in [-0.2, -0.15) is 0 Å². The third kappa shape index (κ3) is 4.43. The third-order valence-electron chi connectivity index (χ3n) is 3.26. The quantitative estimate of drug-likeness (QED) is 0.654. The number of hydrogen-bond donors (Lipinski definition) is 3. The van der Waals surface area contributed by atoms with E-state index in [1.807, 2.05) is 0 Å². The van der Waals surface area contributed by atoms with Gasteiger partial charge in [-0.25, -0.2) is 13.1 Å². The highest BCUT2D eigenvalue weighted by atomic mass is 32.2. The topological polar surface area (TPSA) is 111 Å². The Bertz CT molecular complexity index is 641. The number of carbonyl (C=O) groups excluding carboxylic acids is 1. The third-order valence-corrected chi connectivity index (χ3v) is 4.78. The molecule has 0 aliphatic heterocycles. The van der Waals surface area contributed by atoms with Crippen molar-refractivity contribution in [1.82, 2.24) is 4.72 Å². The van der Waals surface area contributed by atoms with Gasteiger partial charge < -0.3 is 15.8 Å². The van der Waals surface area contributed by atoms with Crippen molar-refractivity contribution in [3.63, 3.8) is 0 Å². The van der Waals surface area contributed by atoms with Crippen LogP contribution in [0, 0.1) is 0 Å². The lowest BCUT2D eigenvalue weighted by Gasteiger charge is -2.12. The molecule has 22 heavy (non-hydrogen) atoms. The molecule has 0 bridgehead atoms. The first-order chi connectivity index (χ1) is 10.5. The normalized spacial score (nSPS) is 14.6. The maximum atomic E-state index is 12.2. The molecule has 0 heterocycles. The molecule has 0 radical (unpaired) electrons. The average molecular weight is 327 g/mol. The van der Waals surface area contributed by atoms with Gasteiger partial charge in [0.15, 0.2) is 0 Å². The molecular weight excluding hydrogens is 306 g/mol. The highest BCUT2D eigenvalue weighted by molar-refractivity contribution is 7.89. The highest BCUT2D eigenvalue weighted by Gasteiger charge is 2.28. The fraction of sp³-hybridized carbons (Fsp3) is 0.500. The van der Waals surface area contributed by atoms with E-state index in [1.165, 1.54) is 25.3 Å². The van der Waals surface area contributed by atoms with Gasteiger partial charge in [0.05, 0.1) is 17.7 Å². The summed E-state index contributed by atoms with van der Waals surface area (Å²) >= 11 is 0. The van der Waals surface area contributed by atoms with Crippen molar-refractivity contribution in [2.75, 3.05) is 19.0 Å². The summed E-state index contributed by atoms with van der Waals surface area (Å²) in [6.45, 7) is 0.421. The van der Waals surface area contributed by atoms with Crippen molar-refractivity contribution in [1.29, 1.82) is 0 Å². The van der Waals surface area contributed by atoms with Crippen LogP contribution >= 0.6 is 0 Å². The van der Waals surface area contributed by atoms with Gasteiger partial charge in [-0.1, -0.05) is 0 Å². The monoisotopic (exact) mass is 327 g/mol. The molecule has 0 aromatic heterocycles. The van der Waals surface area contributed by atoms with Crippen LogP contribution in [0.25, 0.3) is 0 Å². The van der Waals surface area contributed by atoms with Crippen molar-refractivity contribution in [2.24, 2.45) is 5.73 Å². The second-order valence-electron chi connectivity index (χ2n) is 5.20. The van der Waals surface area contributed by atoms with E-state index in [0.29, 0.717) is 24.4 Å². The van der Waals surface area contributed by atoms with Gasteiger partial charge in [-0.15, -0.1) is 0 Å². The summed E-state index contributed by atoms with van der Waals surface area (Å²) < 4.78 is 32.2. The number of nitrogens with two attached hydrogens (primary N) is 1. The molecule has 0 atom stereocenters. The van der Waals surface area contributed by atoms with Gasteiger partial charge in [0.25, 0.3) is 0 Å². The van der Waals surface area contributed by atoms with Gasteiger partial charge in [0.2, 0.25) is 15.9 Å². The first kappa shape index (κ1) is 16.7. The Labute approximate surface area is 130 Å². The van der Waals surface area contributed by atoms with Gasteiger partial charge in [0, 0.05) is 12.5 Å². The number of hydrogen-bond acceptors (Lipinski definition) is 5. The summed E-state index contributed by atoms with van der Waals surface area (Å²) in [4.78, 5) is 11.9. The fourth-order valence-electron chi connectivity index (χ4n) is 1.92. The van der Waals surface area contributed by atoms with Crippen LogP contribution in [0.4, 0.5) is 5.69 Å². The number of anilines is 1. The van der Waals surface area contributed by atoms with E-state index >= 15 is 0 Å². The summed E-state index contributed by atoms with van der Waals surface area (Å²) in [5, 5.41) is 2.67. The van der Waals surface area contributed by atoms with E-state index in [0.717, 1.165) is 12.8 Å². The van der Waals surface area contributed by atoms with Crippen molar-refractivity contribution in [3.8, 4) is 5.75 Å². The second-order valence-corrected chi connectivity index (χ2v) is 6.91. The molecule has 122 valence electrons. The molecule has 2 rings (SSSR count). The first-order valence-corrected chi connectivity index (χ1v) is 8.65. The summed E-state index contributed by atoms with van der Waals surface area (Å²) in [6, 6.07) is 4.41. The number of benzene rings is 1. The van der Waals surface area contributed by atoms with E-state index < -0.39 is 10.0 Å². The Kier molecular flexibility index (Phi) is 5.38.